The number of hydrogen-bond acceptors (Lipinski definition) is 6. The molecule has 2 N–H and O–H groups in total. The number of carbonyl (C=O) groups excluding carboxylic acids is 2. The van der Waals surface area contributed by atoms with Crippen molar-refractivity contribution in [3.05, 3.63) is 81.6 Å². The fourth-order valence-electron chi connectivity index (χ4n) is 2.44. The molecule has 10 heteroatoms. The lowest BCUT2D eigenvalue weighted by atomic mass is 10.1. The minimum Gasteiger partial charge on any atom is -0.455 e. The predicted octanol–water partition coefficient (Wildman–Crippen LogP) is 3.99. The minimum atomic E-state index is -0.613. The molecule has 0 saturated carbocycles. The fraction of sp³-hybridized carbons (Fsp3) is 0.0500. The van der Waals surface area contributed by atoms with Gasteiger partial charge in [-0.2, -0.15) is 5.10 Å². The number of furan rings is 1. The number of hydrazone groups is 1. The van der Waals surface area contributed by atoms with E-state index in [1.807, 2.05) is 0 Å². The zero-order valence-electron chi connectivity index (χ0n) is 15.4. The summed E-state index contributed by atoms with van der Waals surface area (Å²) in [5, 5.41) is 17.4. The van der Waals surface area contributed by atoms with Gasteiger partial charge in [-0.1, -0.05) is 23.7 Å². The molecule has 3 aromatic rings. The van der Waals surface area contributed by atoms with E-state index in [0.29, 0.717) is 27.8 Å². The van der Waals surface area contributed by atoms with E-state index in [-0.39, 0.29) is 5.69 Å². The normalized spacial score (nSPS) is 10.7. The van der Waals surface area contributed by atoms with Crippen LogP contribution in [0.25, 0.3) is 11.3 Å². The third kappa shape index (κ3) is 5.52. The van der Waals surface area contributed by atoms with Gasteiger partial charge in [0.2, 0.25) is 11.8 Å². The second kappa shape index (κ2) is 9.48. The van der Waals surface area contributed by atoms with Crippen molar-refractivity contribution >= 4 is 41.0 Å². The lowest BCUT2D eigenvalue weighted by Crippen LogP contribution is -2.24. The van der Waals surface area contributed by atoms with Crippen molar-refractivity contribution in [1.82, 2.24) is 5.43 Å². The van der Waals surface area contributed by atoms with Gasteiger partial charge in [0.1, 0.15) is 17.9 Å². The Hall–Kier alpha value is -3.98. The van der Waals surface area contributed by atoms with Crippen molar-refractivity contribution in [2.75, 3.05) is 5.32 Å². The Bertz CT molecular complexity index is 1110. The van der Waals surface area contributed by atoms with E-state index < -0.39 is 23.2 Å². The molecule has 3 rings (SSSR count). The van der Waals surface area contributed by atoms with Crippen LogP contribution in [0.2, 0.25) is 5.02 Å². The highest BCUT2D eigenvalue weighted by molar-refractivity contribution is 6.33. The van der Waals surface area contributed by atoms with E-state index in [1.165, 1.54) is 18.3 Å². The topological polar surface area (TPSA) is 127 Å². The summed E-state index contributed by atoms with van der Waals surface area (Å²) in [7, 11) is 0. The van der Waals surface area contributed by atoms with E-state index in [0.717, 1.165) is 0 Å². The summed E-state index contributed by atoms with van der Waals surface area (Å²) in [6, 6.07) is 15.8. The summed E-state index contributed by atoms with van der Waals surface area (Å²) in [4.78, 5) is 33.9. The van der Waals surface area contributed by atoms with Crippen LogP contribution >= 0.6 is 11.6 Å². The van der Waals surface area contributed by atoms with E-state index in [9.17, 15) is 19.7 Å². The molecule has 0 saturated heterocycles. The number of amides is 2. The first-order valence-electron chi connectivity index (χ1n) is 8.63. The largest absolute Gasteiger partial charge is 0.455 e. The van der Waals surface area contributed by atoms with Crippen LogP contribution in [-0.2, 0) is 9.59 Å². The SMILES string of the molecule is O=C(CC(=O)Nc1ccccc1Cl)N/N=C/c1ccc(-c2ccc([N+](=O)[O-])cc2)o1. The maximum atomic E-state index is 11.9. The molecule has 0 fully saturated rings. The standard InChI is InChI=1S/C20H15ClN4O5/c21-16-3-1-2-4-17(16)23-19(26)11-20(27)24-22-12-15-9-10-18(30-15)13-5-7-14(8-6-13)25(28)29/h1-10,12H,11H2,(H,23,26)(H,24,27)/b22-12+. The van der Waals surface area contributed by atoms with Gasteiger partial charge in [-0.15, -0.1) is 0 Å². The molecule has 1 aromatic heterocycles. The number of nitro benzene ring substituents is 1. The fourth-order valence-corrected chi connectivity index (χ4v) is 2.62. The Labute approximate surface area is 175 Å². The van der Waals surface area contributed by atoms with E-state index >= 15 is 0 Å². The Kier molecular flexibility index (Phi) is 6.56. The number of anilines is 1. The van der Waals surface area contributed by atoms with Crippen LogP contribution in [0.1, 0.15) is 12.2 Å². The van der Waals surface area contributed by atoms with Gasteiger partial charge in [0, 0.05) is 17.7 Å². The second-order valence-electron chi connectivity index (χ2n) is 6.00. The number of carbonyl (C=O) groups is 2. The molecule has 0 bridgehead atoms. The van der Waals surface area contributed by atoms with Gasteiger partial charge >= 0.3 is 0 Å². The van der Waals surface area contributed by atoms with E-state index in [4.69, 9.17) is 16.0 Å². The molecule has 0 aliphatic carbocycles. The molecule has 152 valence electrons. The smallest absolute Gasteiger partial charge is 0.269 e. The average molecular weight is 427 g/mol. The number of benzene rings is 2. The van der Waals surface area contributed by atoms with Gasteiger partial charge in [-0.25, -0.2) is 5.43 Å². The van der Waals surface area contributed by atoms with Crippen LogP contribution in [0.3, 0.4) is 0 Å². The van der Waals surface area contributed by atoms with Crippen LogP contribution < -0.4 is 10.7 Å². The van der Waals surface area contributed by atoms with Gasteiger partial charge in [0.25, 0.3) is 5.69 Å². The number of nitrogens with one attached hydrogen (secondary N) is 2. The summed E-state index contributed by atoms with van der Waals surface area (Å²) in [6.07, 6.45) is 0.841. The lowest BCUT2D eigenvalue weighted by Gasteiger charge is -2.05. The second-order valence-corrected chi connectivity index (χ2v) is 6.41. The molecule has 1 heterocycles. The number of non-ortho nitro benzene ring substituents is 1. The monoisotopic (exact) mass is 426 g/mol. The molecule has 0 unspecified atom stereocenters. The molecule has 0 radical (unpaired) electrons. The first-order chi connectivity index (χ1) is 14.4. The number of para-hydroxylation sites is 1. The lowest BCUT2D eigenvalue weighted by molar-refractivity contribution is -0.384. The molecular formula is C20H15ClN4O5. The van der Waals surface area contributed by atoms with Gasteiger partial charge in [0.05, 0.1) is 21.8 Å². The number of hydrogen-bond donors (Lipinski definition) is 2. The first-order valence-corrected chi connectivity index (χ1v) is 9.01. The number of nitro groups is 1. The van der Waals surface area contributed by atoms with Crippen molar-refractivity contribution in [1.29, 1.82) is 0 Å². The molecule has 30 heavy (non-hydrogen) atoms. The van der Waals surface area contributed by atoms with E-state index in [2.05, 4.69) is 15.8 Å². The minimum absolute atomic E-state index is 0.0200. The summed E-state index contributed by atoms with van der Waals surface area (Å²) in [5.41, 5.74) is 3.28. The van der Waals surface area contributed by atoms with Crippen LogP contribution in [-0.4, -0.2) is 23.0 Å². The van der Waals surface area contributed by atoms with Gasteiger partial charge in [0.15, 0.2) is 0 Å². The highest BCUT2D eigenvalue weighted by atomic mass is 35.5. The van der Waals surface area contributed by atoms with Crippen LogP contribution in [0.4, 0.5) is 11.4 Å². The molecule has 0 atom stereocenters. The Morgan fingerprint density at radius 2 is 1.80 bits per heavy atom. The number of halogens is 1. The van der Waals surface area contributed by atoms with Crippen molar-refractivity contribution in [2.45, 2.75) is 6.42 Å². The van der Waals surface area contributed by atoms with Gasteiger partial charge < -0.3 is 9.73 Å². The van der Waals surface area contributed by atoms with Crippen LogP contribution in [0.15, 0.2) is 70.2 Å². The van der Waals surface area contributed by atoms with Gasteiger partial charge in [-0.3, -0.25) is 19.7 Å². The highest BCUT2D eigenvalue weighted by Gasteiger charge is 2.11. The third-order valence-corrected chi connectivity index (χ3v) is 4.17. The van der Waals surface area contributed by atoms with Crippen molar-refractivity contribution < 1.29 is 18.9 Å². The summed E-state index contributed by atoms with van der Waals surface area (Å²) >= 11 is 5.94. The zero-order chi connectivity index (χ0) is 21.5. The molecule has 2 aromatic carbocycles. The Morgan fingerprint density at radius 3 is 2.50 bits per heavy atom. The number of nitrogens with zero attached hydrogens (tertiary/aromatic N) is 2. The quantitative estimate of drug-likeness (QED) is 0.255. The van der Waals surface area contributed by atoms with Crippen molar-refractivity contribution in [3.8, 4) is 11.3 Å². The van der Waals surface area contributed by atoms with E-state index in [1.54, 1.807) is 48.5 Å². The van der Waals surface area contributed by atoms with Gasteiger partial charge in [-0.05, 0) is 36.4 Å². The van der Waals surface area contributed by atoms with Crippen molar-refractivity contribution in [2.24, 2.45) is 5.10 Å². The molecular weight excluding hydrogens is 412 g/mol. The van der Waals surface area contributed by atoms with Crippen molar-refractivity contribution in [3.63, 3.8) is 0 Å². The molecule has 0 spiro atoms. The third-order valence-electron chi connectivity index (χ3n) is 3.84. The summed E-state index contributed by atoms with van der Waals surface area (Å²) in [6.45, 7) is 0. The maximum absolute atomic E-state index is 11.9. The maximum Gasteiger partial charge on any atom is 0.269 e. The molecule has 9 nitrogen and oxygen atoms in total. The highest BCUT2D eigenvalue weighted by Crippen LogP contribution is 2.24. The average Bonchev–Trinajstić information content (AvgIpc) is 3.18. The van der Waals surface area contributed by atoms with Crippen LogP contribution in [0.5, 0.6) is 0 Å². The predicted molar refractivity (Wildman–Crippen MR) is 111 cm³/mol. The first kappa shape index (κ1) is 20.7. The number of rotatable bonds is 7. The molecule has 2 amide bonds. The Morgan fingerprint density at radius 1 is 1.07 bits per heavy atom. The summed E-state index contributed by atoms with van der Waals surface area (Å²) < 4.78 is 5.56. The zero-order valence-corrected chi connectivity index (χ0v) is 16.1. The summed E-state index contributed by atoms with van der Waals surface area (Å²) in [5.74, 6) is -0.312. The molecule has 0 aliphatic heterocycles. The van der Waals surface area contributed by atoms with Crippen LogP contribution in [0, 0.1) is 10.1 Å². The molecule has 0 aliphatic rings. The Balaban J connectivity index is 1.51.